The summed E-state index contributed by atoms with van der Waals surface area (Å²) in [5.41, 5.74) is 0.851. The van der Waals surface area contributed by atoms with E-state index in [4.69, 9.17) is 0 Å². The van der Waals surface area contributed by atoms with E-state index in [2.05, 4.69) is 15.7 Å². The fraction of sp³-hybridized carbons (Fsp3) is 0.412. The maximum Gasteiger partial charge on any atom is 0.320 e. The molecule has 2 aromatic rings. The lowest BCUT2D eigenvalue weighted by Gasteiger charge is -2.30. The number of para-hydroxylation sites is 1. The fourth-order valence-electron chi connectivity index (χ4n) is 3.07. The number of hydrogen-bond acceptors (Lipinski definition) is 4. The molecule has 1 aliphatic rings. The average Bonchev–Trinajstić information content (AvgIpc) is 3.08. The van der Waals surface area contributed by atoms with Crippen LogP contribution in [0.2, 0.25) is 0 Å². The summed E-state index contributed by atoms with van der Waals surface area (Å²) >= 11 is 0. The molecule has 26 heavy (non-hydrogen) atoms. The molecular weight excluding hydrogens is 354 g/mol. The number of hydrogen-bond donors (Lipinski definition) is 2. The monoisotopic (exact) mass is 377 g/mol. The molecular formula is C17H23N5O3S. The van der Waals surface area contributed by atoms with Crippen molar-refractivity contribution in [2.75, 3.05) is 31.2 Å². The maximum absolute atomic E-state index is 12.2. The Labute approximate surface area is 153 Å². The first-order chi connectivity index (χ1) is 12.4. The SMILES string of the molecule is CS(=O)(=O)N1CCC[C@H](CNC(=O)Nc2ccnn2-c2ccccc2)C1. The zero-order chi connectivity index (χ0) is 18.6. The van der Waals surface area contributed by atoms with Crippen LogP contribution in [0.25, 0.3) is 5.69 Å². The number of nitrogens with one attached hydrogen (secondary N) is 2. The van der Waals surface area contributed by atoms with Gasteiger partial charge in [-0.3, -0.25) is 5.32 Å². The van der Waals surface area contributed by atoms with Gasteiger partial charge in [0.1, 0.15) is 5.82 Å². The van der Waals surface area contributed by atoms with E-state index in [0.717, 1.165) is 18.5 Å². The predicted octanol–water partition coefficient (Wildman–Crippen LogP) is 1.67. The number of urea groups is 1. The van der Waals surface area contributed by atoms with Gasteiger partial charge in [0.15, 0.2) is 0 Å². The fourth-order valence-corrected chi connectivity index (χ4v) is 4.01. The normalized spacial score (nSPS) is 18.4. The first kappa shape index (κ1) is 18.4. The molecule has 9 heteroatoms. The van der Waals surface area contributed by atoms with Crippen LogP contribution in [0.3, 0.4) is 0 Å². The minimum absolute atomic E-state index is 0.114. The number of rotatable bonds is 5. The molecule has 0 aliphatic carbocycles. The Balaban J connectivity index is 1.55. The summed E-state index contributed by atoms with van der Waals surface area (Å²) in [6, 6.07) is 10.9. The molecule has 3 rings (SSSR count). The molecule has 0 spiro atoms. The Bertz CT molecular complexity index is 850. The first-order valence-electron chi connectivity index (χ1n) is 8.53. The van der Waals surface area contributed by atoms with Crippen molar-refractivity contribution in [1.82, 2.24) is 19.4 Å². The molecule has 0 bridgehead atoms. The smallest absolute Gasteiger partial charge is 0.320 e. The molecule has 2 heterocycles. The van der Waals surface area contributed by atoms with Crippen LogP contribution in [0.15, 0.2) is 42.6 Å². The Morgan fingerprint density at radius 2 is 2.04 bits per heavy atom. The molecule has 1 aromatic heterocycles. The van der Waals surface area contributed by atoms with Crippen molar-refractivity contribution in [1.29, 1.82) is 0 Å². The Hall–Kier alpha value is -2.39. The average molecular weight is 377 g/mol. The molecule has 140 valence electrons. The highest BCUT2D eigenvalue weighted by Gasteiger charge is 2.26. The minimum atomic E-state index is -3.18. The second-order valence-electron chi connectivity index (χ2n) is 6.43. The van der Waals surface area contributed by atoms with Crippen molar-refractivity contribution in [3.05, 3.63) is 42.6 Å². The number of benzene rings is 1. The van der Waals surface area contributed by atoms with E-state index in [-0.39, 0.29) is 11.9 Å². The predicted molar refractivity (Wildman–Crippen MR) is 99.7 cm³/mol. The summed E-state index contributed by atoms with van der Waals surface area (Å²) in [5.74, 6) is 0.679. The lowest BCUT2D eigenvalue weighted by molar-refractivity contribution is 0.239. The molecule has 0 unspecified atom stereocenters. The number of nitrogens with zero attached hydrogens (tertiary/aromatic N) is 3. The molecule has 8 nitrogen and oxygen atoms in total. The summed E-state index contributed by atoms with van der Waals surface area (Å²) < 4.78 is 26.5. The lowest BCUT2D eigenvalue weighted by Crippen LogP contribution is -2.44. The molecule has 1 aliphatic heterocycles. The standard InChI is InChI=1S/C17H23N5O3S/c1-26(24,25)21-11-5-6-14(13-21)12-18-17(23)20-16-9-10-19-22(16)15-7-3-2-4-8-15/h2-4,7-10,14H,5-6,11-13H2,1H3,(H2,18,20,23)/t14-/m1/s1. The number of sulfonamides is 1. The largest absolute Gasteiger partial charge is 0.338 e. The van der Waals surface area contributed by atoms with Gasteiger partial charge >= 0.3 is 6.03 Å². The topological polar surface area (TPSA) is 96.3 Å². The van der Waals surface area contributed by atoms with Crippen LogP contribution in [0.5, 0.6) is 0 Å². The van der Waals surface area contributed by atoms with E-state index in [1.807, 2.05) is 30.3 Å². The van der Waals surface area contributed by atoms with Gasteiger partial charge in [-0.05, 0) is 30.9 Å². The number of anilines is 1. The van der Waals surface area contributed by atoms with E-state index in [1.165, 1.54) is 10.6 Å². The zero-order valence-electron chi connectivity index (χ0n) is 14.6. The van der Waals surface area contributed by atoms with Crippen molar-refractivity contribution in [2.24, 2.45) is 5.92 Å². The molecule has 0 saturated carbocycles. The summed E-state index contributed by atoms with van der Waals surface area (Å²) in [4.78, 5) is 12.2. The summed E-state index contributed by atoms with van der Waals surface area (Å²) in [6.45, 7) is 1.43. The number of carbonyl (C=O) groups excluding carboxylic acids is 1. The quantitative estimate of drug-likeness (QED) is 0.828. The van der Waals surface area contributed by atoms with E-state index in [9.17, 15) is 13.2 Å². The van der Waals surface area contributed by atoms with Crippen molar-refractivity contribution in [3.8, 4) is 5.69 Å². The third kappa shape index (κ3) is 4.61. The van der Waals surface area contributed by atoms with Gasteiger partial charge in [0.25, 0.3) is 0 Å². The highest BCUT2D eigenvalue weighted by molar-refractivity contribution is 7.88. The van der Waals surface area contributed by atoms with Crippen LogP contribution in [-0.2, 0) is 10.0 Å². The van der Waals surface area contributed by atoms with E-state index < -0.39 is 10.0 Å². The van der Waals surface area contributed by atoms with Gasteiger partial charge in [-0.25, -0.2) is 22.2 Å². The summed E-state index contributed by atoms with van der Waals surface area (Å²) in [7, 11) is -3.18. The highest BCUT2D eigenvalue weighted by Crippen LogP contribution is 2.18. The van der Waals surface area contributed by atoms with Gasteiger partial charge < -0.3 is 5.32 Å². The number of aromatic nitrogens is 2. The molecule has 1 fully saturated rings. The Morgan fingerprint density at radius 1 is 1.27 bits per heavy atom. The second-order valence-corrected chi connectivity index (χ2v) is 8.41. The maximum atomic E-state index is 12.2. The molecule has 1 saturated heterocycles. The number of amides is 2. The van der Waals surface area contributed by atoms with E-state index >= 15 is 0 Å². The van der Waals surface area contributed by atoms with Gasteiger partial charge in [-0.15, -0.1) is 0 Å². The minimum Gasteiger partial charge on any atom is -0.338 e. The number of piperidine rings is 1. The van der Waals surface area contributed by atoms with Gasteiger partial charge in [0.2, 0.25) is 10.0 Å². The summed E-state index contributed by atoms with van der Waals surface area (Å²) in [5, 5.41) is 9.84. The third-order valence-corrected chi connectivity index (χ3v) is 5.66. The van der Waals surface area contributed by atoms with Crippen LogP contribution < -0.4 is 10.6 Å². The second kappa shape index (κ2) is 7.88. The van der Waals surface area contributed by atoms with Crippen LogP contribution in [0.1, 0.15) is 12.8 Å². The van der Waals surface area contributed by atoms with Crippen molar-refractivity contribution in [2.45, 2.75) is 12.8 Å². The van der Waals surface area contributed by atoms with Crippen molar-refractivity contribution >= 4 is 21.9 Å². The molecule has 0 radical (unpaired) electrons. The first-order valence-corrected chi connectivity index (χ1v) is 10.4. The Kier molecular flexibility index (Phi) is 5.58. The summed E-state index contributed by atoms with van der Waals surface area (Å²) in [6.07, 6.45) is 4.55. The van der Waals surface area contributed by atoms with Gasteiger partial charge in [-0.2, -0.15) is 5.10 Å². The Morgan fingerprint density at radius 3 is 2.77 bits per heavy atom. The van der Waals surface area contributed by atoms with Gasteiger partial charge in [0, 0.05) is 25.7 Å². The van der Waals surface area contributed by atoms with E-state index in [0.29, 0.717) is 25.5 Å². The van der Waals surface area contributed by atoms with Gasteiger partial charge in [0.05, 0.1) is 18.1 Å². The van der Waals surface area contributed by atoms with Crippen LogP contribution >= 0.6 is 0 Å². The van der Waals surface area contributed by atoms with Crippen molar-refractivity contribution in [3.63, 3.8) is 0 Å². The molecule has 2 N–H and O–H groups in total. The van der Waals surface area contributed by atoms with Gasteiger partial charge in [-0.1, -0.05) is 18.2 Å². The van der Waals surface area contributed by atoms with E-state index in [1.54, 1.807) is 16.9 Å². The zero-order valence-corrected chi connectivity index (χ0v) is 15.4. The van der Waals surface area contributed by atoms with Crippen LogP contribution in [0, 0.1) is 5.92 Å². The molecule has 2 amide bonds. The highest BCUT2D eigenvalue weighted by atomic mass is 32.2. The lowest BCUT2D eigenvalue weighted by atomic mass is 10.00. The van der Waals surface area contributed by atoms with Crippen LogP contribution in [0.4, 0.5) is 10.6 Å². The van der Waals surface area contributed by atoms with Crippen LogP contribution in [-0.4, -0.2) is 54.4 Å². The third-order valence-electron chi connectivity index (χ3n) is 4.39. The molecule has 1 atom stereocenters. The molecule has 1 aromatic carbocycles. The number of carbonyl (C=O) groups is 1. The van der Waals surface area contributed by atoms with Crippen molar-refractivity contribution < 1.29 is 13.2 Å².